The van der Waals surface area contributed by atoms with Crippen molar-refractivity contribution >= 4 is 11.8 Å². The summed E-state index contributed by atoms with van der Waals surface area (Å²) in [6, 6.07) is -0.362. The number of thioether (sulfide) groups is 1. The summed E-state index contributed by atoms with van der Waals surface area (Å²) >= 11 is 0.148. The molecule has 0 saturated heterocycles. The Bertz CT molecular complexity index is 1250. The lowest BCUT2D eigenvalue weighted by Crippen LogP contribution is -2.70. The molecule has 0 saturated carbocycles. The highest BCUT2D eigenvalue weighted by Gasteiger charge is 2.88. The van der Waals surface area contributed by atoms with Gasteiger partial charge in [-0.3, -0.25) is 14.2 Å². The van der Waals surface area contributed by atoms with Gasteiger partial charge in [-0.25, -0.2) is 9.97 Å². The molecule has 0 amide bonds. The largest absolute Gasteiger partial charge is 0.462 e. The minimum atomic E-state index is -8.69. The third kappa shape index (κ3) is 7.09. The highest BCUT2D eigenvalue weighted by atomic mass is 32.2. The standard InChI is InChI=1S/C17H7F23N2O3S/c1-4-3-5(42-6(41-4)46-2)7(18,11(23,24)25)43-16(37,38)9(21,13(29,30)31)45-17(39,40)10(22,14(32,33)34)44-15(35,36)8(19,20)12(26,27)28/h3H,1-2H3. The molecule has 0 aliphatic rings. The summed E-state index contributed by atoms with van der Waals surface area (Å²) in [6.45, 7) is 0.620. The first-order valence-corrected chi connectivity index (χ1v) is 11.4. The SMILES string of the molecule is CSc1nc(C)cc(C(F)(OC(F)(F)C(F)(OC(F)(F)C(F)(OC(F)(F)C(F)(F)C(F)(F)F)C(F)(F)F)C(F)(F)F)C(F)(F)F)n1. The number of alkyl halides is 23. The van der Waals surface area contributed by atoms with E-state index in [4.69, 9.17) is 0 Å². The van der Waals surface area contributed by atoms with Gasteiger partial charge < -0.3 is 0 Å². The van der Waals surface area contributed by atoms with Gasteiger partial charge in [0.05, 0.1) is 0 Å². The molecule has 46 heavy (non-hydrogen) atoms. The minimum Gasteiger partial charge on any atom is -0.265 e. The highest BCUT2D eigenvalue weighted by Crippen LogP contribution is 2.60. The number of aryl methyl sites for hydroxylation is 1. The average molecular weight is 756 g/mol. The van der Waals surface area contributed by atoms with Gasteiger partial charge in [0, 0.05) is 5.69 Å². The maximum absolute atomic E-state index is 15.0. The fraction of sp³-hybridized carbons (Fsp3) is 0.765. The molecule has 3 unspecified atom stereocenters. The van der Waals surface area contributed by atoms with Gasteiger partial charge in [-0.15, -0.1) is 0 Å². The van der Waals surface area contributed by atoms with Crippen LogP contribution in [0.25, 0.3) is 0 Å². The Morgan fingerprint density at radius 1 is 0.500 bits per heavy atom. The van der Waals surface area contributed by atoms with E-state index in [-0.39, 0.29) is 17.8 Å². The van der Waals surface area contributed by atoms with Crippen molar-refractivity contribution in [1.82, 2.24) is 9.97 Å². The topological polar surface area (TPSA) is 53.5 Å². The molecular formula is C17H7F23N2O3S. The summed E-state index contributed by atoms with van der Waals surface area (Å²) in [4.78, 5) is 5.82. The van der Waals surface area contributed by atoms with Crippen molar-refractivity contribution in [3.63, 3.8) is 0 Å². The predicted octanol–water partition coefficient (Wildman–Crippen LogP) is 8.67. The molecule has 3 atom stereocenters. The van der Waals surface area contributed by atoms with Crippen LogP contribution in [-0.4, -0.2) is 76.9 Å². The van der Waals surface area contributed by atoms with Gasteiger partial charge in [0.2, 0.25) is 0 Å². The molecule has 1 aromatic heterocycles. The molecule has 1 aromatic rings. The van der Waals surface area contributed by atoms with Gasteiger partial charge in [0.15, 0.2) is 5.16 Å². The van der Waals surface area contributed by atoms with E-state index in [0.29, 0.717) is 6.92 Å². The molecule has 0 N–H and O–H groups in total. The van der Waals surface area contributed by atoms with Gasteiger partial charge >= 0.3 is 66.5 Å². The summed E-state index contributed by atoms with van der Waals surface area (Å²) in [5.41, 5.74) is -3.53. The number of hydrogen-bond donors (Lipinski definition) is 0. The van der Waals surface area contributed by atoms with Gasteiger partial charge in [-0.1, -0.05) is 11.8 Å². The van der Waals surface area contributed by atoms with E-state index in [1.54, 1.807) is 0 Å². The fourth-order valence-electron chi connectivity index (χ4n) is 2.51. The zero-order valence-corrected chi connectivity index (χ0v) is 21.6. The third-order valence-corrected chi connectivity index (χ3v) is 5.26. The second kappa shape index (κ2) is 11.7. The number of hydrogen-bond acceptors (Lipinski definition) is 6. The Labute approximate surface area is 240 Å². The molecule has 0 spiro atoms. The molecule has 0 aromatic carbocycles. The van der Waals surface area contributed by atoms with Crippen LogP contribution in [-0.2, 0) is 20.1 Å². The van der Waals surface area contributed by atoms with E-state index in [2.05, 4.69) is 14.7 Å². The quantitative estimate of drug-likeness (QED) is 0.128. The lowest BCUT2D eigenvalue weighted by molar-refractivity contribution is -0.580. The van der Waals surface area contributed by atoms with Crippen molar-refractivity contribution in [2.75, 3.05) is 6.26 Å². The molecule has 29 heteroatoms. The lowest BCUT2D eigenvalue weighted by Gasteiger charge is -2.42. The second-order valence-corrected chi connectivity index (χ2v) is 8.86. The number of ether oxygens (including phenoxy) is 3. The van der Waals surface area contributed by atoms with E-state index in [0.717, 1.165) is 11.0 Å². The third-order valence-electron chi connectivity index (χ3n) is 4.72. The molecule has 0 fully saturated rings. The van der Waals surface area contributed by atoms with Crippen LogP contribution in [0.4, 0.5) is 101 Å². The molecular weight excluding hydrogens is 749 g/mol. The Balaban J connectivity index is 3.98. The van der Waals surface area contributed by atoms with Crippen molar-refractivity contribution in [3.05, 3.63) is 17.5 Å². The second-order valence-electron chi connectivity index (χ2n) is 8.09. The van der Waals surface area contributed by atoms with E-state index >= 15 is 0 Å². The van der Waals surface area contributed by atoms with Crippen molar-refractivity contribution < 1.29 is 115 Å². The molecule has 0 aliphatic heterocycles. The number of nitrogens with zero attached hydrogens (tertiary/aromatic N) is 2. The minimum absolute atomic E-state index is 0.148. The monoisotopic (exact) mass is 756 g/mol. The maximum Gasteiger partial charge on any atom is 0.462 e. The van der Waals surface area contributed by atoms with Crippen molar-refractivity contribution in [2.24, 2.45) is 0 Å². The molecule has 270 valence electrons. The average Bonchev–Trinajstić information content (AvgIpc) is 2.79. The normalized spacial score (nSPS) is 19.0. The van der Waals surface area contributed by atoms with Gasteiger partial charge in [0.25, 0.3) is 0 Å². The van der Waals surface area contributed by atoms with Gasteiger partial charge in [0.1, 0.15) is 5.69 Å². The molecule has 5 nitrogen and oxygen atoms in total. The Morgan fingerprint density at radius 3 is 1.20 bits per heavy atom. The lowest BCUT2D eigenvalue weighted by atomic mass is 10.1. The Hall–Kier alpha value is -2.30. The molecule has 1 heterocycles. The highest BCUT2D eigenvalue weighted by molar-refractivity contribution is 7.98. The van der Waals surface area contributed by atoms with Crippen LogP contribution >= 0.6 is 11.8 Å². The van der Waals surface area contributed by atoms with Crippen LogP contribution < -0.4 is 0 Å². The molecule has 0 radical (unpaired) electrons. The number of aromatic nitrogens is 2. The Kier molecular flexibility index (Phi) is 10.6. The van der Waals surface area contributed by atoms with E-state index in [9.17, 15) is 101 Å². The summed E-state index contributed by atoms with van der Waals surface area (Å²) in [5.74, 6) is -32.0. The number of halogens is 23. The predicted molar refractivity (Wildman–Crippen MR) is 96.3 cm³/mol. The van der Waals surface area contributed by atoms with Crippen LogP contribution in [0.5, 0.6) is 0 Å². The van der Waals surface area contributed by atoms with Crippen LogP contribution in [0, 0.1) is 6.92 Å². The van der Waals surface area contributed by atoms with Crippen molar-refractivity contribution in [2.45, 2.75) is 78.6 Å². The smallest absolute Gasteiger partial charge is 0.265 e. The number of rotatable bonds is 11. The molecule has 0 aliphatic carbocycles. The summed E-state index contributed by atoms with van der Waals surface area (Å²) in [5, 5.41) is -1.06. The van der Waals surface area contributed by atoms with Crippen LogP contribution in [0.3, 0.4) is 0 Å². The zero-order valence-electron chi connectivity index (χ0n) is 20.8. The maximum atomic E-state index is 15.0. The first-order chi connectivity index (χ1) is 19.8. The molecule has 1 rings (SSSR count). The molecule has 0 bridgehead atoms. The van der Waals surface area contributed by atoms with E-state index in [1.165, 1.54) is 4.74 Å². The first-order valence-electron chi connectivity index (χ1n) is 10.2. The zero-order chi connectivity index (χ0) is 37.2. The van der Waals surface area contributed by atoms with E-state index in [1.807, 2.05) is 0 Å². The summed E-state index contributed by atoms with van der Waals surface area (Å²) in [7, 11) is 0. The van der Waals surface area contributed by atoms with Crippen LogP contribution in [0.2, 0.25) is 0 Å². The Morgan fingerprint density at radius 2 is 0.870 bits per heavy atom. The summed E-state index contributed by atoms with van der Waals surface area (Å²) in [6.07, 6.45) is -56.1. The van der Waals surface area contributed by atoms with Crippen molar-refractivity contribution in [3.8, 4) is 0 Å². The van der Waals surface area contributed by atoms with Gasteiger partial charge in [-0.2, -0.15) is 101 Å². The van der Waals surface area contributed by atoms with E-state index < -0.39 is 83.1 Å². The first kappa shape index (κ1) is 41.7. The van der Waals surface area contributed by atoms with Gasteiger partial charge in [-0.05, 0) is 19.2 Å². The van der Waals surface area contributed by atoms with Crippen LogP contribution in [0.15, 0.2) is 11.2 Å². The van der Waals surface area contributed by atoms with Crippen LogP contribution in [0.1, 0.15) is 11.4 Å². The van der Waals surface area contributed by atoms with Crippen molar-refractivity contribution in [1.29, 1.82) is 0 Å². The summed E-state index contributed by atoms with van der Waals surface area (Å²) < 4.78 is 313. The fourth-order valence-corrected chi connectivity index (χ4v) is 2.93.